The Bertz CT molecular complexity index is 427. The van der Waals surface area contributed by atoms with Crippen LogP contribution >= 0.6 is 11.6 Å². The zero-order valence-corrected chi connectivity index (χ0v) is 13.9. The van der Waals surface area contributed by atoms with Gasteiger partial charge in [0.25, 0.3) is 0 Å². The Morgan fingerprint density at radius 3 is 2.30 bits per heavy atom. The summed E-state index contributed by atoms with van der Waals surface area (Å²) in [4.78, 5) is 0. The topological polar surface area (TPSA) is 12.0 Å². The molecule has 1 aliphatic carbocycles. The lowest BCUT2D eigenvalue weighted by Crippen LogP contribution is -2.54. The molecule has 1 N–H and O–H groups in total. The molecule has 1 saturated carbocycles. The van der Waals surface area contributed by atoms with E-state index in [-0.39, 0.29) is 0 Å². The number of benzene rings is 1. The highest BCUT2D eigenvalue weighted by atomic mass is 35.5. The minimum Gasteiger partial charge on any atom is -0.319 e. The van der Waals surface area contributed by atoms with Gasteiger partial charge in [0.15, 0.2) is 0 Å². The van der Waals surface area contributed by atoms with Crippen molar-refractivity contribution in [2.24, 2.45) is 5.41 Å². The molecule has 0 amide bonds. The van der Waals surface area contributed by atoms with Crippen LogP contribution in [0.25, 0.3) is 0 Å². The molecule has 112 valence electrons. The van der Waals surface area contributed by atoms with Crippen LogP contribution in [0.1, 0.15) is 57.9 Å². The highest BCUT2D eigenvalue weighted by Gasteiger charge is 2.53. The molecule has 0 atom stereocenters. The first kappa shape index (κ1) is 15.9. The number of halogens is 1. The fourth-order valence-corrected chi connectivity index (χ4v) is 4.70. The quantitative estimate of drug-likeness (QED) is 0.730. The van der Waals surface area contributed by atoms with E-state index < -0.39 is 0 Å². The number of rotatable bonds is 7. The lowest BCUT2D eigenvalue weighted by Gasteiger charge is -2.57. The predicted molar refractivity (Wildman–Crippen MR) is 88.5 cm³/mol. The Morgan fingerprint density at radius 2 is 1.80 bits per heavy atom. The van der Waals surface area contributed by atoms with Crippen LogP contribution in [0.2, 0.25) is 5.02 Å². The first-order chi connectivity index (χ1) is 9.60. The van der Waals surface area contributed by atoms with Crippen molar-refractivity contribution in [3.8, 4) is 0 Å². The summed E-state index contributed by atoms with van der Waals surface area (Å²) < 4.78 is 0. The zero-order chi connectivity index (χ0) is 14.6. The first-order valence-corrected chi connectivity index (χ1v) is 8.38. The third-order valence-corrected chi connectivity index (χ3v) is 5.17. The van der Waals surface area contributed by atoms with E-state index in [0.29, 0.717) is 10.8 Å². The Hall–Kier alpha value is -0.530. The van der Waals surface area contributed by atoms with Crippen molar-refractivity contribution < 1.29 is 0 Å². The van der Waals surface area contributed by atoms with Gasteiger partial charge in [-0.2, -0.15) is 0 Å². The average molecular weight is 294 g/mol. The van der Waals surface area contributed by atoms with E-state index in [9.17, 15) is 0 Å². The lowest BCUT2D eigenvalue weighted by molar-refractivity contribution is 0.00389. The van der Waals surface area contributed by atoms with Crippen molar-refractivity contribution >= 4 is 11.6 Å². The maximum Gasteiger partial charge on any atom is 0.0408 e. The summed E-state index contributed by atoms with van der Waals surface area (Å²) in [7, 11) is 2.06. The molecule has 1 aromatic carbocycles. The second kappa shape index (κ2) is 6.49. The van der Waals surface area contributed by atoms with E-state index in [1.807, 2.05) is 6.07 Å². The van der Waals surface area contributed by atoms with Crippen LogP contribution in [0, 0.1) is 5.41 Å². The van der Waals surface area contributed by atoms with Gasteiger partial charge in [-0.25, -0.2) is 0 Å². The van der Waals surface area contributed by atoms with Gasteiger partial charge in [0.05, 0.1) is 0 Å². The second-order valence-corrected chi connectivity index (χ2v) is 7.11. The molecule has 0 aromatic heterocycles. The van der Waals surface area contributed by atoms with Gasteiger partial charge >= 0.3 is 0 Å². The molecule has 0 heterocycles. The first-order valence-electron chi connectivity index (χ1n) is 8.00. The molecule has 0 unspecified atom stereocenters. The van der Waals surface area contributed by atoms with Gasteiger partial charge in [-0.3, -0.25) is 0 Å². The molecule has 1 aliphatic rings. The number of hydrogen-bond donors (Lipinski definition) is 1. The minimum absolute atomic E-state index is 0.296. The van der Waals surface area contributed by atoms with Gasteiger partial charge in [0, 0.05) is 17.0 Å². The molecular weight excluding hydrogens is 266 g/mol. The van der Waals surface area contributed by atoms with Crippen LogP contribution < -0.4 is 5.32 Å². The fourth-order valence-electron chi connectivity index (χ4n) is 4.51. The van der Waals surface area contributed by atoms with Gasteiger partial charge < -0.3 is 5.32 Å². The molecule has 1 aromatic rings. The number of hydrogen-bond acceptors (Lipinski definition) is 1. The maximum atomic E-state index is 6.21. The van der Waals surface area contributed by atoms with Crippen molar-refractivity contribution in [3.63, 3.8) is 0 Å². The van der Waals surface area contributed by atoms with Crippen LogP contribution in [0.4, 0.5) is 0 Å². The minimum atomic E-state index is 0.296. The Balaban J connectivity index is 2.22. The normalized spacial score (nSPS) is 19.6. The van der Waals surface area contributed by atoms with Crippen LogP contribution in [0.3, 0.4) is 0 Å². The van der Waals surface area contributed by atoms with Crippen LogP contribution in [-0.4, -0.2) is 13.6 Å². The SMILES string of the molecule is CCCC1(CCC)CC(CNC)(c2cccc(Cl)c2)C1. The van der Waals surface area contributed by atoms with Crippen LogP contribution in [0.15, 0.2) is 24.3 Å². The highest BCUT2D eigenvalue weighted by molar-refractivity contribution is 6.30. The molecule has 20 heavy (non-hydrogen) atoms. The lowest BCUT2D eigenvalue weighted by atomic mass is 9.48. The highest BCUT2D eigenvalue weighted by Crippen LogP contribution is 2.60. The summed E-state index contributed by atoms with van der Waals surface area (Å²) in [6, 6.07) is 8.49. The molecular formula is C18H28ClN. The molecule has 0 saturated heterocycles. The molecule has 0 aliphatic heterocycles. The second-order valence-electron chi connectivity index (χ2n) is 6.67. The van der Waals surface area contributed by atoms with Crippen molar-refractivity contribution in [2.75, 3.05) is 13.6 Å². The smallest absolute Gasteiger partial charge is 0.0408 e. The Labute approximate surface area is 129 Å². The van der Waals surface area contributed by atoms with Crippen molar-refractivity contribution in [2.45, 2.75) is 57.8 Å². The van der Waals surface area contributed by atoms with E-state index in [1.54, 1.807) is 0 Å². The predicted octanol–water partition coefficient (Wildman–Crippen LogP) is 5.18. The van der Waals surface area contributed by atoms with Gasteiger partial charge in [0.1, 0.15) is 0 Å². The summed E-state index contributed by atoms with van der Waals surface area (Å²) in [6.07, 6.45) is 7.95. The third-order valence-electron chi connectivity index (χ3n) is 4.94. The average Bonchev–Trinajstić information content (AvgIpc) is 2.37. The van der Waals surface area contributed by atoms with Crippen LogP contribution in [-0.2, 0) is 5.41 Å². The van der Waals surface area contributed by atoms with Gasteiger partial charge in [-0.15, -0.1) is 0 Å². The van der Waals surface area contributed by atoms with E-state index in [0.717, 1.165) is 11.6 Å². The van der Waals surface area contributed by atoms with Crippen molar-refractivity contribution in [1.82, 2.24) is 5.32 Å². The Morgan fingerprint density at radius 1 is 1.15 bits per heavy atom. The molecule has 1 fully saturated rings. The van der Waals surface area contributed by atoms with Gasteiger partial charge in [0.2, 0.25) is 0 Å². The molecule has 0 spiro atoms. The molecule has 2 heteroatoms. The van der Waals surface area contributed by atoms with E-state index in [1.165, 1.54) is 44.1 Å². The fraction of sp³-hybridized carbons (Fsp3) is 0.667. The summed E-state index contributed by atoms with van der Waals surface area (Å²) >= 11 is 6.21. The van der Waals surface area contributed by atoms with E-state index in [4.69, 9.17) is 11.6 Å². The molecule has 2 rings (SSSR count). The molecule has 0 radical (unpaired) electrons. The maximum absolute atomic E-state index is 6.21. The largest absolute Gasteiger partial charge is 0.319 e. The van der Waals surface area contributed by atoms with Crippen LogP contribution in [0.5, 0.6) is 0 Å². The summed E-state index contributed by atoms with van der Waals surface area (Å²) in [6.45, 7) is 5.69. The standard InChI is InChI=1S/C18H28ClN/c1-4-9-17(10-5-2)12-18(13-17,14-20-3)15-7-6-8-16(19)11-15/h6-8,11,20H,4-5,9-10,12-14H2,1-3H3. The summed E-state index contributed by atoms with van der Waals surface area (Å²) in [5.74, 6) is 0. The summed E-state index contributed by atoms with van der Waals surface area (Å²) in [5.41, 5.74) is 2.29. The van der Waals surface area contributed by atoms with Crippen molar-refractivity contribution in [3.05, 3.63) is 34.9 Å². The monoisotopic (exact) mass is 293 g/mol. The number of nitrogens with one attached hydrogen (secondary N) is 1. The van der Waals surface area contributed by atoms with Crippen molar-refractivity contribution in [1.29, 1.82) is 0 Å². The zero-order valence-electron chi connectivity index (χ0n) is 13.1. The van der Waals surface area contributed by atoms with Gasteiger partial charge in [-0.1, -0.05) is 50.4 Å². The third kappa shape index (κ3) is 3.04. The number of likely N-dealkylation sites (N-methyl/N-ethyl adjacent to an activating group) is 1. The molecule has 0 bridgehead atoms. The van der Waals surface area contributed by atoms with E-state index in [2.05, 4.69) is 44.4 Å². The Kier molecular flexibility index (Phi) is 5.14. The van der Waals surface area contributed by atoms with Gasteiger partial charge in [-0.05, 0) is 55.8 Å². The van der Waals surface area contributed by atoms with E-state index >= 15 is 0 Å². The summed E-state index contributed by atoms with van der Waals surface area (Å²) in [5, 5.41) is 4.27. The molecule has 1 nitrogen and oxygen atoms in total.